The second-order valence-corrected chi connectivity index (χ2v) is 6.34. The Kier molecular flexibility index (Phi) is 5.65. The minimum atomic E-state index is -0.350. The molecular formula is C17H21FN2S. The molecule has 21 heavy (non-hydrogen) atoms. The molecule has 2 nitrogen and oxygen atoms in total. The monoisotopic (exact) mass is 303 g/mol. The van der Waals surface area contributed by atoms with Crippen LogP contribution in [0.5, 0.6) is 0 Å². The van der Waals surface area contributed by atoms with Crippen molar-refractivity contribution in [1.29, 1.82) is 0 Å². The molecule has 0 heterocycles. The molecule has 0 fully saturated rings. The van der Waals surface area contributed by atoms with E-state index in [0.29, 0.717) is 12.1 Å². The fraction of sp³-hybridized carbons (Fsp3) is 0.294. The molecule has 2 rings (SSSR count). The van der Waals surface area contributed by atoms with E-state index in [9.17, 15) is 4.39 Å². The Morgan fingerprint density at radius 1 is 1.10 bits per heavy atom. The Hall–Kier alpha value is -1.52. The number of nitrogen functional groups attached to an aromatic ring is 1. The average Bonchev–Trinajstić information content (AvgIpc) is 2.43. The van der Waals surface area contributed by atoms with Gasteiger partial charge in [-0.2, -0.15) is 0 Å². The molecule has 0 unspecified atom stereocenters. The first-order valence-corrected chi connectivity index (χ1v) is 7.76. The highest BCUT2D eigenvalue weighted by molar-refractivity contribution is 7.99. The van der Waals surface area contributed by atoms with Gasteiger partial charge in [-0.1, -0.05) is 36.0 Å². The van der Waals surface area contributed by atoms with E-state index in [2.05, 4.69) is 37.2 Å². The van der Waals surface area contributed by atoms with E-state index in [1.807, 2.05) is 24.3 Å². The van der Waals surface area contributed by atoms with Crippen LogP contribution in [0.4, 0.5) is 10.1 Å². The molecular weight excluding hydrogens is 282 g/mol. The van der Waals surface area contributed by atoms with Crippen LogP contribution in [0.3, 0.4) is 0 Å². The summed E-state index contributed by atoms with van der Waals surface area (Å²) >= 11 is 1.66. The molecule has 0 aliphatic rings. The van der Waals surface area contributed by atoms with Crippen molar-refractivity contribution in [2.75, 3.05) is 26.5 Å². The quantitative estimate of drug-likeness (QED) is 0.818. The zero-order valence-electron chi connectivity index (χ0n) is 12.5. The first kappa shape index (κ1) is 15.9. The second-order valence-electron chi connectivity index (χ2n) is 5.26. The zero-order chi connectivity index (χ0) is 15.2. The van der Waals surface area contributed by atoms with Crippen LogP contribution >= 0.6 is 11.8 Å². The van der Waals surface area contributed by atoms with Gasteiger partial charge in [0.1, 0.15) is 0 Å². The van der Waals surface area contributed by atoms with Crippen LogP contribution in [0.2, 0.25) is 0 Å². The zero-order valence-corrected chi connectivity index (χ0v) is 13.3. The molecule has 0 saturated carbocycles. The maximum Gasteiger partial charge on any atom is 0.0934 e. The number of nitrogens with zero attached hydrogens (tertiary/aromatic N) is 1. The van der Waals surface area contributed by atoms with Crippen LogP contribution in [-0.2, 0) is 13.0 Å². The minimum Gasteiger partial charge on any atom is -0.398 e. The SMILES string of the molecule is CN(C)Cc1ccccc1Sc1ccc(CC[18F])cc1N. The molecule has 2 N–H and O–H groups in total. The highest BCUT2D eigenvalue weighted by atomic mass is 32.2. The number of halogens is 1. The number of hydrogen-bond donors (Lipinski definition) is 1. The van der Waals surface area contributed by atoms with Crippen molar-refractivity contribution in [1.82, 2.24) is 4.90 Å². The molecule has 2 aromatic rings. The van der Waals surface area contributed by atoms with E-state index in [-0.39, 0.29) is 6.67 Å². The first-order chi connectivity index (χ1) is 10.1. The maximum absolute atomic E-state index is 12.4. The van der Waals surface area contributed by atoms with Crippen LogP contribution in [0.15, 0.2) is 52.3 Å². The summed E-state index contributed by atoms with van der Waals surface area (Å²) < 4.78 is 12.4. The van der Waals surface area contributed by atoms with Gasteiger partial charge in [-0.3, -0.25) is 4.39 Å². The van der Waals surface area contributed by atoms with Gasteiger partial charge >= 0.3 is 0 Å². The number of anilines is 1. The Morgan fingerprint density at radius 2 is 1.86 bits per heavy atom. The molecule has 0 bridgehead atoms. The van der Waals surface area contributed by atoms with Gasteiger partial charge in [0.2, 0.25) is 0 Å². The molecule has 0 radical (unpaired) electrons. The van der Waals surface area contributed by atoms with Crippen molar-refractivity contribution < 1.29 is 4.39 Å². The summed E-state index contributed by atoms with van der Waals surface area (Å²) in [5.74, 6) is 0. The van der Waals surface area contributed by atoms with Crippen molar-refractivity contribution >= 4 is 17.4 Å². The van der Waals surface area contributed by atoms with Gasteiger partial charge in [0.15, 0.2) is 0 Å². The highest BCUT2D eigenvalue weighted by Crippen LogP contribution is 2.35. The van der Waals surface area contributed by atoms with E-state index >= 15 is 0 Å². The van der Waals surface area contributed by atoms with Crippen LogP contribution < -0.4 is 5.73 Å². The standard InChI is InChI=1S/C17H21FN2S/c1-20(2)12-14-5-3-4-6-16(14)21-17-8-7-13(9-10-18)11-15(17)19/h3-8,11H,9-10,12,19H2,1-2H3/i18-1. The average molecular weight is 303 g/mol. The summed E-state index contributed by atoms with van der Waals surface area (Å²) in [4.78, 5) is 4.37. The summed E-state index contributed by atoms with van der Waals surface area (Å²) in [6.45, 7) is 0.542. The number of nitrogens with two attached hydrogens (primary N) is 1. The molecule has 0 saturated heterocycles. The van der Waals surface area contributed by atoms with Crippen molar-refractivity contribution in [2.45, 2.75) is 22.8 Å². The smallest absolute Gasteiger partial charge is 0.0934 e. The van der Waals surface area contributed by atoms with Gasteiger partial charge in [0.05, 0.1) is 6.67 Å². The summed E-state index contributed by atoms with van der Waals surface area (Å²) in [6, 6.07) is 14.1. The van der Waals surface area contributed by atoms with Gasteiger partial charge in [-0.25, -0.2) is 0 Å². The van der Waals surface area contributed by atoms with Crippen molar-refractivity contribution in [3.63, 3.8) is 0 Å². The molecule has 4 heteroatoms. The third-order valence-electron chi connectivity index (χ3n) is 3.14. The van der Waals surface area contributed by atoms with E-state index < -0.39 is 0 Å². The van der Waals surface area contributed by atoms with Crippen LogP contribution in [0.1, 0.15) is 11.1 Å². The Labute approximate surface area is 130 Å². The second kappa shape index (κ2) is 7.48. The maximum atomic E-state index is 12.4. The lowest BCUT2D eigenvalue weighted by Gasteiger charge is -2.14. The first-order valence-electron chi connectivity index (χ1n) is 6.95. The van der Waals surface area contributed by atoms with Gasteiger partial charge in [0, 0.05) is 28.4 Å². The molecule has 0 amide bonds. The van der Waals surface area contributed by atoms with Crippen molar-refractivity contribution in [3.8, 4) is 0 Å². The van der Waals surface area contributed by atoms with Gasteiger partial charge in [0.25, 0.3) is 0 Å². The minimum absolute atomic E-state index is 0.350. The molecule has 0 aliphatic heterocycles. The topological polar surface area (TPSA) is 29.3 Å². The number of alkyl halides is 1. The van der Waals surface area contributed by atoms with Crippen molar-refractivity contribution in [3.05, 3.63) is 53.6 Å². The highest BCUT2D eigenvalue weighted by Gasteiger charge is 2.08. The Balaban J connectivity index is 2.22. The lowest BCUT2D eigenvalue weighted by molar-refractivity contribution is 0.399. The lowest BCUT2D eigenvalue weighted by Crippen LogP contribution is -2.11. The third-order valence-corrected chi connectivity index (χ3v) is 4.35. The number of rotatable bonds is 6. The predicted octanol–water partition coefficient (Wildman–Crippen LogP) is 3.99. The van der Waals surface area contributed by atoms with Gasteiger partial charge < -0.3 is 10.6 Å². The number of aryl methyl sites for hydroxylation is 1. The normalized spacial score (nSPS) is 11.0. The predicted molar refractivity (Wildman–Crippen MR) is 88.5 cm³/mol. The van der Waals surface area contributed by atoms with Crippen molar-refractivity contribution in [2.24, 2.45) is 0 Å². The van der Waals surface area contributed by atoms with E-state index in [1.165, 1.54) is 10.5 Å². The summed E-state index contributed by atoms with van der Waals surface area (Å²) in [7, 11) is 4.11. The summed E-state index contributed by atoms with van der Waals surface area (Å²) in [6.07, 6.45) is 0.423. The fourth-order valence-electron chi connectivity index (χ4n) is 2.15. The molecule has 0 aliphatic carbocycles. The van der Waals surface area contributed by atoms with E-state index in [4.69, 9.17) is 5.73 Å². The van der Waals surface area contributed by atoms with Crippen LogP contribution in [0.25, 0.3) is 0 Å². The van der Waals surface area contributed by atoms with Gasteiger partial charge in [-0.15, -0.1) is 0 Å². The number of benzene rings is 2. The lowest BCUT2D eigenvalue weighted by atomic mass is 10.1. The third kappa shape index (κ3) is 4.48. The van der Waals surface area contributed by atoms with Crippen LogP contribution in [0, 0.1) is 0 Å². The molecule has 0 aromatic heterocycles. The summed E-state index contributed by atoms with van der Waals surface area (Å²) in [5, 5.41) is 0. The molecule has 0 atom stereocenters. The van der Waals surface area contributed by atoms with Crippen LogP contribution in [-0.4, -0.2) is 25.7 Å². The largest absolute Gasteiger partial charge is 0.398 e. The van der Waals surface area contributed by atoms with E-state index in [1.54, 1.807) is 11.8 Å². The molecule has 2 aromatic carbocycles. The number of hydrogen-bond acceptors (Lipinski definition) is 3. The van der Waals surface area contributed by atoms with Gasteiger partial charge in [-0.05, 0) is 43.4 Å². The molecule has 112 valence electrons. The Bertz CT molecular complexity index is 599. The summed E-state index contributed by atoms with van der Waals surface area (Å²) in [5.41, 5.74) is 9.03. The molecule has 0 spiro atoms. The van der Waals surface area contributed by atoms with E-state index in [0.717, 1.165) is 17.0 Å². The Morgan fingerprint density at radius 3 is 2.52 bits per heavy atom. The fourth-order valence-corrected chi connectivity index (χ4v) is 3.11.